The average Bonchev–Trinajstić information content (AvgIpc) is 3.04. The van der Waals surface area contributed by atoms with Gasteiger partial charge in [0, 0.05) is 24.2 Å². The quantitative estimate of drug-likeness (QED) is 0.174. The molecule has 3 aromatic carbocycles. The number of halogens is 2. The van der Waals surface area contributed by atoms with Crippen molar-refractivity contribution in [2.45, 2.75) is 69.5 Å². The van der Waals surface area contributed by atoms with Crippen LogP contribution in [0, 0.1) is 17.0 Å². The lowest BCUT2D eigenvalue weighted by Crippen LogP contribution is -2.53. The number of methoxy groups -OCH3 is 1. The first-order chi connectivity index (χ1) is 21.8. The van der Waals surface area contributed by atoms with E-state index in [2.05, 4.69) is 5.32 Å². The third kappa shape index (κ3) is 8.28. The molecule has 4 rings (SSSR count). The average molecular weight is 692 g/mol. The zero-order chi connectivity index (χ0) is 33.6. The highest BCUT2D eigenvalue weighted by molar-refractivity contribution is 7.92. The zero-order valence-electron chi connectivity index (χ0n) is 25.7. The van der Waals surface area contributed by atoms with E-state index in [-0.39, 0.29) is 45.4 Å². The number of nitro benzene ring substituents is 1. The molecule has 0 heterocycles. The van der Waals surface area contributed by atoms with E-state index in [4.69, 9.17) is 27.9 Å². The molecule has 0 spiro atoms. The number of carbonyl (C=O) groups is 2. The Morgan fingerprint density at radius 2 is 1.70 bits per heavy atom. The van der Waals surface area contributed by atoms with Gasteiger partial charge < -0.3 is 15.0 Å². The molecule has 3 aromatic rings. The van der Waals surface area contributed by atoms with Gasteiger partial charge in [0.05, 0.1) is 32.7 Å². The van der Waals surface area contributed by atoms with E-state index in [9.17, 15) is 28.1 Å². The normalized spacial score (nSPS) is 14.3. The van der Waals surface area contributed by atoms with E-state index in [1.165, 1.54) is 55.3 Å². The number of nitrogens with zero attached hydrogens (tertiary/aromatic N) is 3. The summed E-state index contributed by atoms with van der Waals surface area (Å²) in [6.07, 6.45) is 4.77. The second kappa shape index (κ2) is 15.1. The van der Waals surface area contributed by atoms with Gasteiger partial charge in [0.2, 0.25) is 11.8 Å². The van der Waals surface area contributed by atoms with Gasteiger partial charge in [-0.2, -0.15) is 0 Å². The number of aryl methyl sites for hydroxylation is 1. The van der Waals surface area contributed by atoms with Gasteiger partial charge in [-0.1, -0.05) is 54.6 Å². The number of hydrogen-bond donors (Lipinski definition) is 1. The van der Waals surface area contributed by atoms with Crippen LogP contribution in [0.3, 0.4) is 0 Å². The van der Waals surface area contributed by atoms with Crippen molar-refractivity contribution in [1.82, 2.24) is 10.2 Å². The second-order valence-corrected chi connectivity index (χ2v) is 13.9. The Morgan fingerprint density at radius 1 is 1.02 bits per heavy atom. The topological polar surface area (TPSA) is 139 Å². The summed E-state index contributed by atoms with van der Waals surface area (Å²) >= 11 is 12.4. The first-order valence-corrected chi connectivity index (χ1v) is 17.0. The zero-order valence-corrected chi connectivity index (χ0v) is 28.1. The van der Waals surface area contributed by atoms with Crippen molar-refractivity contribution in [2.24, 2.45) is 0 Å². The van der Waals surface area contributed by atoms with Gasteiger partial charge >= 0.3 is 0 Å². The molecule has 1 N–H and O–H groups in total. The van der Waals surface area contributed by atoms with Crippen molar-refractivity contribution < 1.29 is 27.7 Å². The lowest BCUT2D eigenvalue weighted by Gasteiger charge is -2.33. The van der Waals surface area contributed by atoms with Gasteiger partial charge in [-0.15, -0.1) is 0 Å². The van der Waals surface area contributed by atoms with Crippen LogP contribution in [0.4, 0.5) is 11.4 Å². The van der Waals surface area contributed by atoms with Crippen molar-refractivity contribution in [3.63, 3.8) is 0 Å². The molecule has 14 heteroatoms. The van der Waals surface area contributed by atoms with Crippen LogP contribution in [0.5, 0.6) is 5.75 Å². The SMILES string of the molecule is COc1ccc(N(CC(=O)N(Cc2ccc(Cl)c(Cl)c2)C(C)C(=O)NC2CCCCC2)S(=O)(=O)c2ccc(C)c([N+](=O)[O-])c2)cc1. The molecule has 46 heavy (non-hydrogen) atoms. The van der Waals surface area contributed by atoms with Crippen LogP contribution in [0.2, 0.25) is 10.0 Å². The molecule has 1 atom stereocenters. The molecular formula is C32H36Cl2N4O7S. The lowest BCUT2D eigenvalue weighted by atomic mass is 9.95. The molecule has 0 aromatic heterocycles. The Balaban J connectivity index is 1.73. The molecular weight excluding hydrogens is 655 g/mol. The van der Waals surface area contributed by atoms with E-state index in [1.54, 1.807) is 25.1 Å². The number of amides is 2. The molecule has 0 radical (unpaired) electrons. The van der Waals surface area contributed by atoms with Gasteiger partial charge in [-0.25, -0.2) is 8.42 Å². The van der Waals surface area contributed by atoms with Crippen LogP contribution < -0.4 is 14.4 Å². The van der Waals surface area contributed by atoms with Crippen LogP contribution in [0.1, 0.15) is 50.2 Å². The number of nitrogens with one attached hydrogen (secondary N) is 1. The highest BCUT2D eigenvalue weighted by atomic mass is 35.5. The maximum absolute atomic E-state index is 14.2. The van der Waals surface area contributed by atoms with Gasteiger partial charge in [0.15, 0.2) is 0 Å². The largest absolute Gasteiger partial charge is 0.497 e. The van der Waals surface area contributed by atoms with Crippen molar-refractivity contribution in [2.75, 3.05) is 18.0 Å². The third-order valence-corrected chi connectivity index (χ3v) is 10.6. The first-order valence-electron chi connectivity index (χ1n) is 14.8. The van der Waals surface area contributed by atoms with Crippen molar-refractivity contribution in [3.8, 4) is 5.75 Å². The summed E-state index contributed by atoms with van der Waals surface area (Å²) in [6.45, 7) is 2.31. The van der Waals surface area contributed by atoms with Gasteiger partial charge in [-0.05, 0) is 74.7 Å². The number of rotatable bonds is 12. The van der Waals surface area contributed by atoms with E-state index in [0.29, 0.717) is 16.3 Å². The summed E-state index contributed by atoms with van der Waals surface area (Å²) in [5, 5.41) is 15.3. The minimum Gasteiger partial charge on any atom is -0.497 e. The lowest BCUT2D eigenvalue weighted by molar-refractivity contribution is -0.385. The predicted molar refractivity (Wildman–Crippen MR) is 177 cm³/mol. The summed E-state index contributed by atoms with van der Waals surface area (Å²) in [4.78, 5) is 39.6. The minimum absolute atomic E-state index is 0.0147. The number of benzene rings is 3. The third-order valence-electron chi connectivity index (χ3n) is 8.06. The molecule has 1 aliphatic rings. The van der Waals surface area contributed by atoms with Gasteiger partial charge in [0.25, 0.3) is 15.7 Å². The van der Waals surface area contributed by atoms with Crippen LogP contribution in [-0.2, 0) is 26.2 Å². The number of anilines is 1. The Bertz CT molecular complexity index is 1700. The molecule has 0 bridgehead atoms. The standard InChI is InChI=1S/C32H36Cl2N4O7S/c1-21-9-15-27(18-30(21)38(41)42)46(43,44)37(25-11-13-26(45-3)14-12-25)20-31(39)36(19-23-10-16-28(33)29(34)17-23)22(2)32(40)35-24-7-5-4-6-8-24/h9-18,22,24H,4-8,19-20H2,1-3H3,(H,35,40). The van der Waals surface area contributed by atoms with Crippen molar-refractivity contribution >= 4 is 56.4 Å². The van der Waals surface area contributed by atoms with Crippen LogP contribution in [-0.4, -0.2) is 55.8 Å². The van der Waals surface area contributed by atoms with Crippen LogP contribution in [0.25, 0.3) is 0 Å². The van der Waals surface area contributed by atoms with Crippen LogP contribution >= 0.6 is 23.2 Å². The molecule has 1 fully saturated rings. The Hall–Kier alpha value is -3.87. The fourth-order valence-electron chi connectivity index (χ4n) is 5.34. The van der Waals surface area contributed by atoms with E-state index in [0.717, 1.165) is 42.5 Å². The maximum atomic E-state index is 14.2. The number of ether oxygens (including phenoxy) is 1. The highest BCUT2D eigenvalue weighted by Crippen LogP contribution is 2.30. The number of nitro groups is 1. The summed E-state index contributed by atoms with van der Waals surface area (Å²) < 4.78 is 34.3. The van der Waals surface area contributed by atoms with E-state index < -0.39 is 33.4 Å². The first kappa shape index (κ1) is 35.0. The Labute approximate surface area is 278 Å². The fraction of sp³-hybridized carbons (Fsp3) is 0.375. The predicted octanol–water partition coefficient (Wildman–Crippen LogP) is 6.28. The molecule has 11 nitrogen and oxygen atoms in total. The fourth-order valence-corrected chi connectivity index (χ4v) is 7.09. The number of hydrogen-bond acceptors (Lipinski definition) is 7. The number of carbonyl (C=O) groups excluding carboxylic acids is 2. The summed E-state index contributed by atoms with van der Waals surface area (Å²) in [7, 11) is -3.07. The molecule has 1 saturated carbocycles. The maximum Gasteiger partial charge on any atom is 0.273 e. The minimum atomic E-state index is -4.53. The van der Waals surface area contributed by atoms with Gasteiger partial charge in [-0.3, -0.25) is 24.0 Å². The number of sulfonamides is 1. The van der Waals surface area contributed by atoms with Crippen molar-refractivity contribution in [3.05, 3.63) is 92.0 Å². The molecule has 0 aliphatic heterocycles. The monoisotopic (exact) mass is 690 g/mol. The summed E-state index contributed by atoms with van der Waals surface area (Å²) in [5.74, 6) is -0.598. The molecule has 0 saturated heterocycles. The Morgan fingerprint density at radius 3 is 2.30 bits per heavy atom. The van der Waals surface area contributed by atoms with E-state index in [1.807, 2.05) is 0 Å². The molecule has 1 unspecified atom stereocenters. The summed E-state index contributed by atoms with van der Waals surface area (Å²) in [5.41, 5.74) is 0.595. The molecule has 1 aliphatic carbocycles. The van der Waals surface area contributed by atoms with E-state index >= 15 is 0 Å². The smallest absolute Gasteiger partial charge is 0.273 e. The van der Waals surface area contributed by atoms with Crippen molar-refractivity contribution in [1.29, 1.82) is 0 Å². The Kier molecular flexibility index (Phi) is 11.5. The second-order valence-electron chi connectivity index (χ2n) is 11.2. The molecule has 2 amide bonds. The highest BCUT2D eigenvalue weighted by Gasteiger charge is 2.34. The van der Waals surface area contributed by atoms with Gasteiger partial charge in [0.1, 0.15) is 18.3 Å². The molecule has 246 valence electrons. The summed E-state index contributed by atoms with van der Waals surface area (Å²) in [6, 6.07) is 13.4. The van der Waals surface area contributed by atoms with Crippen LogP contribution in [0.15, 0.2) is 65.6 Å².